The van der Waals surface area contributed by atoms with E-state index in [-0.39, 0.29) is 17.4 Å². The number of aromatic nitrogens is 7. The monoisotopic (exact) mass is 643 g/mol. The number of nitrogens with zero attached hydrogens (tertiary/aromatic N) is 7. The predicted molar refractivity (Wildman–Crippen MR) is 172 cm³/mol. The van der Waals surface area contributed by atoms with E-state index in [0.29, 0.717) is 41.8 Å². The number of ether oxygens (including phenoxy) is 1. The van der Waals surface area contributed by atoms with Crippen molar-refractivity contribution in [3.8, 4) is 23.2 Å². The maximum atomic E-state index is 12.6. The SMILES string of the molecule is O=S(=O)(C1CC1)n1cc(-c2nccc(Nc3cc(NC4CCC(O)CC4)c(C#Cc4cnn(CC5CCOCC5)c4)cn3)n2)cn1. The van der Waals surface area contributed by atoms with E-state index in [4.69, 9.17) is 4.74 Å². The van der Waals surface area contributed by atoms with Gasteiger partial charge in [0.15, 0.2) is 5.82 Å². The van der Waals surface area contributed by atoms with Gasteiger partial charge < -0.3 is 20.5 Å². The summed E-state index contributed by atoms with van der Waals surface area (Å²) in [5.74, 6) is 8.51. The minimum absolute atomic E-state index is 0.204. The molecule has 5 heterocycles. The number of aliphatic hydroxyl groups excluding tert-OH is 1. The second-order valence-corrected chi connectivity index (χ2v) is 14.3. The topological polar surface area (TPSA) is 162 Å². The van der Waals surface area contributed by atoms with Gasteiger partial charge >= 0.3 is 0 Å². The molecule has 4 aromatic heterocycles. The molecular formula is C32H37N9O4S. The molecule has 0 spiro atoms. The van der Waals surface area contributed by atoms with Gasteiger partial charge in [-0.15, -0.1) is 0 Å². The van der Waals surface area contributed by atoms with Crippen molar-refractivity contribution in [1.29, 1.82) is 0 Å². The van der Waals surface area contributed by atoms with Crippen LogP contribution in [0.1, 0.15) is 62.5 Å². The van der Waals surface area contributed by atoms with Crippen molar-refractivity contribution in [1.82, 2.24) is 33.9 Å². The first-order chi connectivity index (χ1) is 22.4. The van der Waals surface area contributed by atoms with Gasteiger partial charge in [-0.1, -0.05) is 11.8 Å². The molecule has 0 radical (unpaired) electrons. The molecule has 13 nitrogen and oxygen atoms in total. The first-order valence-electron chi connectivity index (χ1n) is 15.9. The van der Waals surface area contributed by atoms with Crippen LogP contribution < -0.4 is 10.6 Å². The summed E-state index contributed by atoms with van der Waals surface area (Å²) in [6.07, 6.45) is 16.4. The number of pyridine rings is 1. The summed E-state index contributed by atoms with van der Waals surface area (Å²) in [6, 6.07) is 3.83. The van der Waals surface area contributed by atoms with Crippen LogP contribution in [0.2, 0.25) is 0 Å². The Bertz CT molecular complexity index is 1840. The molecule has 1 aliphatic heterocycles. The van der Waals surface area contributed by atoms with Crippen LogP contribution >= 0.6 is 0 Å². The normalized spacial score (nSPS) is 20.5. The van der Waals surface area contributed by atoms with Crippen molar-refractivity contribution in [2.45, 2.75) is 75.3 Å². The minimum atomic E-state index is -3.48. The predicted octanol–water partition coefficient (Wildman–Crippen LogP) is 3.56. The molecule has 46 heavy (non-hydrogen) atoms. The van der Waals surface area contributed by atoms with E-state index >= 15 is 0 Å². The Labute approximate surface area is 267 Å². The van der Waals surface area contributed by atoms with E-state index in [0.717, 1.165) is 79.2 Å². The molecule has 3 aliphatic rings. The van der Waals surface area contributed by atoms with Crippen molar-refractivity contribution in [3.05, 3.63) is 60.4 Å². The van der Waals surface area contributed by atoms with Gasteiger partial charge in [-0.05, 0) is 63.4 Å². The van der Waals surface area contributed by atoms with Crippen molar-refractivity contribution in [2.75, 3.05) is 23.8 Å². The molecule has 0 atom stereocenters. The molecule has 1 saturated heterocycles. The Balaban J connectivity index is 1.10. The van der Waals surface area contributed by atoms with Crippen molar-refractivity contribution in [3.63, 3.8) is 0 Å². The number of hydrogen-bond donors (Lipinski definition) is 3. The first kappa shape index (κ1) is 30.3. The lowest BCUT2D eigenvalue weighted by Gasteiger charge is -2.27. The highest BCUT2D eigenvalue weighted by Gasteiger charge is 2.37. The van der Waals surface area contributed by atoms with Gasteiger partial charge in [-0.3, -0.25) is 4.68 Å². The van der Waals surface area contributed by atoms with Gasteiger partial charge in [0.25, 0.3) is 10.0 Å². The Kier molecular flexibility index (Phi) is 8.70. The highest BCUT2D eigenvalue weighted by atomic mass is 32.2. The zero-order valence-corrected chi connectivity index (χ0v) is 26.2. The Hall–Kier alpha value is -4.32. The lowest BCUT2D eigenvalue weighted by Crippen LogP contribution is -2.28. The summed E-state index contributed by atoms with van der Waals surface area (Å²) in [4.78, 5) is 13.5. The van der Waals surface area contributed by atoms with Crippen LogP contribution in [0.15, 0.2) is 49.3 Å². The van der Waals surface area contributed by atoms with Crippen molar-refractivity contribution in [2.24, 2.45) is 5.92 Å². The number of anilines is 3. The Morgan fingerprint density at radius 1 is 0.935 bits per heavy atom. The van der Waals surface area contributed by atoms with Crippen molar-refractivity contribution >= 4 is 27.3 Å². The van der Waals surface area contributed by atoms with Gasteiger partial charge in [0.05, 0.1) is 52.3 Å². The first-order valence-corrected chi connectivity index (χ1v) is 17.4. The van der Waals surface area contributed by atoms with Crippen molar-refractivity contribution < 1.29 is 18.3 Å². The fourth-order valence-corrected chi connectivity index (χ4v) is 7.30. The Morgan fingerprint density at radius 2 is 1.76 bits per heavy atom. The van der Waals surface area contributed by atoms with Crippen LogP contribution in [0.3, 0.4) is 0 Å². The molecule has 0 amide bonds. The summed E-state index contributed by atoms with van der Waals surface area (Å²) in [7, 11) is -3.48. The summed E-state index contributed by atoms with van der Waals surface area (Å²) in [6.45, 7) is 2.48. The second kappa shape index (κ2) is 13.2. The molecule has 0 bridgehead atoms. The highest BCUT2D eigenvalue weighted by molar-refractivity contribution is 7.90. The zero-order chi connectivity index (χ0) is 31.5. The van der Waals surface area contributed by atoms with Crippen LogP contribution in [-0.4, -0.2) is 78.1 Å². The summed E-state index contributed by atoms with van der Waals surface area (Å²) >= 11 is 0. The molecule has 0 aromatic carbocycles. The average molecular weight is 644 g/mol. The molecule has 3 N–H and O–H groups in total. The van der Waals surface area contributed by atoms with Gasteiger partial charge in [-0.25, -0.2) is 23.4 Å². The third-order valence-electron chi connectivity index (χ3n) is 8.66. The molecule has 2 aliphatic carbocycles. The molecule has 4 aromatic rings. The van der Waals surface area contributed by atoms with Gasteiger partial charge in [0.2, 0.25) is 0 Å². The summed E-state index contributed by atoms with van der Waals surface area (Å²) in [5, 5.41) is 25.1. The number of rotatable bonds is 9. The molecule has 240 valence electrons. The third-order valence-corrected chi connectivity index (χ3v) is 10.7. The maximum Gasteiger partial charge on any atom is 0.256 e. The summed E-state index contributed by atoms with van der Waals surface area (Å²) < 4.78 is 33.6. The number of nitrogens with one attached hydrogen (secondary N) is 2. The van der Waals surface area contributed by atoms with Crippen LogP contribution in [0.5, 0.6) is 0 Å². The standard InChI is InChI=1S/C32H37N9O4S/c42-27-5-3-26(4-6-27)37-29-15-31(34-17-24(29)2-1-23-16-35-40(20-23)19-22-10-13-45-14-11-22)38-30-9-12-33-32(39-30)25-18-36-41(21-25)46(43,44)28-7-8-28/h9,12,15-18,20-22,26-28,42H,3-8,10-11,13-14,19H2,(H2,33,34,37,38,39). The lowest BCUT2D eigenvalue weighted by molar-refractivity contribution is 0.0601. The van der Waals surface area contributed by atoms with E-state index in [9.17, 15) is 13.5 Å². The molecule has 2 saturated carbocycles. The minimum Gasteiger partial charge on any atom is -0.393 e. The molecular weight excluding hydrogens is 606 g/mol. The maximum absolute atomic E-state index is 12.6. The van der Waals surface area contributed by atoms with Gasteiger partial charge in [0, 0.05) is 50.5 Å². The van der Waals surface area contributed by atoms with Crippen LogP contribution in [0.4, 0.5) is 17.3 Å². The van der Waals surface area contributed by atoms with Crippen LogP contribution in [-0.2, 0) is 21.3 Å². The van der Waals surface area contributed by atoms with E-state index in [1.165, 1.54) is 12.4 Å². The smallest absolute Gasteiger partial charge is 0.256 e. The van der Waals surface area contributed by atoms with E-state index in [1.807, 2.05) is 16.9 Å². The largest absolute Gasteiger partial charge is 0.393 e. The highest BCUT2D eigenvalue weighted by Crippen LogP contribution is 2.31. The lowest BCUT2D eigenvalue weighted by atomic mass is 9.93. The fraction of sp³-hybridized carbons (Fsp3) is 0.469. The third kappa shape index (κ3) is 7.22. The van der Waals surface area contributed by atoms with Crippen LogP contribution in [0.25, 0.3) is 11.4 Å². The molecule has 0 unspecified atom stereocenters. The van der Waals surface area contributed by atoms with E-state index in [2.05, 4.69) is 47.6 Å². The Morgan fingerprint density at radius 3 is 2.57 bits per heavy atom. The van der Waals surface area contributed by atoms with Gasteiger partial charge in [-0.2, -0.15) is 14.3 Å². The molecule has 3 fully saturated rings. The quantitative estimate of drug-likeness (QED) is 0.229. The fourth-order valence-electron chi connectivity index (χ4n) is 5.82. The average Bonchev–Trinajstić information content (AvgIpc) is 3.65. The van der Waals surface area contributed by atoms with Gasteiger partial charge in [0.1, 0.15) is 11.6 Å². The summed E-state index contributed by atoms with van der Waals surface area (Å²) in [5.41, 5.74) is 2.93. The van der Waals surface area contributed by atoms with E-state index < -0.39 is 10.0 Å². The number of aliphatic hydroxyl groups is 1. The van der Waals surface area contributed by atoms with Crippen LogP contribution in [0, 0.1) is 17.8 Å². The second-order valence-electron chi connectivity index (χ2n) is 12.3. The number of hydrogen-bond acceptors (Lipinski definition) is 11. The zero-order valence-electron chi connectivity index (χ0n) is 25.4. The van der Waals surface area contributed by atoms with E-state index in [1.54, 1.807) is 24.7 Å². The molecule has 14 heteroatoms. The molecule has 7 rings (SSSR count).